The van der Waals surface area contributed by atoms with Crippen molar-refractivity contribution in [3.05, 3.63) is 0 Å². The molecular formula is C12H27N2OPS2. The predicted molar refractivity (Wildman–Crippen MR) is 89.2 cm³/mol. The lowest BCUT2D eigenvalue weighted by Crippen LogP contribution is -2.12. The summed E-state index contributed by atoms with van der Waals surface area (Å²) in [5.41, 5.74) is -2.01. The molecule has 18 heavy (non-hydrogen) atoms. The fourth-order valence-corrected chi connectivity index (χ4v) is 6.21. The molecule has 0 heterocycles. The number of rotatable bonds is 10. The molecule has 6 heteroatoms. The van der Waals surface area contributed by atoms with Crippen molar-refractivity contribution < 1.29 is 4.52 Å². The minimum Gasteiger partial charge on any atom is -0.324 e. The first-order chi connectivity index (χ1) is 8.39. The maximum atomic E-state index is 5.88. The van der Waals surface area contributed by atoms with Crippen LogP contribution in [0, 0.1) is 5.92 Å². The average Bonchev–Trinajstić information content (AvgIpc) is 2.24. The van der Waals surface area contributed by atoms with Gasteiger partial charge in [-0.1, -0.05) is 38.6 Å². The van der Waals surface area contributed by atoms with Gasteiger partial charge in [-0.3, -0.25) is 4.99 Å². The van der Waals surface area contributed by atoms with E-state index in [1.54, 1.807) is 17.7 Å². The second-order valence-electron chi connectivity index (χ2n) is 4.86. The quantitative estimate of drug-likeness (QED) is 0.280. The van der Waals surface area contributed by atoms with E-state index in [1.807, 2.05) is 13.8 Å². The highest BCUT2D eigenvalue weighted by Crippen LogP contribution is 2.56. The zero-order valence-electron chi connectivity index (χ0n) is 12.2. The highest BCUT2D eigenvalue weighted by molar-refractivity contribution is 8.68. The molecule has 0 aromatic carbocycles. The van der Waals surface area contributed by atoms with Gasteiger partial charge in [-0.15, -0.1) is 0 Å². The summed E-state index contributed by atoms with van der Waals surface area (Å²) >= 11 is 7.36. The van der Waals surface area contributed by atoms with E-state index in [9.17, 15) is 0 Å². The van der Waals surface area contributed by atoms with Crippen LogP contribution in [0.25, 0.3) is 0 Å². The lowest BCUT2D eigenvalue weighted by atomic mass is 10.2. The second kappa shape index (κ2) is 10.2. The first kappa shape index (κ1) is 18.4. The number of nitrogens with zero attached hydrogens (tertiary/aromatic N) is 1. The van der Waals surface area contributed by atoms with Crippen LogP contribution in [0.1, 0.15) is 47.5 Å². The van der Waals surface area contributed by atoms with E-state index in [0.717, 1.165) is 12.3 Å². The molecule has 0 spiro atoms. The van der Waals surface area contributed by atoms with Crippen molar-refractivity contribution in [1.82, 2.24) is 5.09 Å². The molecule has 1 N–H and O–H groups in total. The van der Waals surface area contributed by atoms with Gasteiger partial charge < -0.3 is 9.61 Å². The molecule has 0 saturated heterocycles. The summed E-state index contributed by atoms with van der Waals surface area (Å²) in [7, 11) is 0. The Morgan fingerprint density at radius 1 is 1.39 bits per heavy atom. The molecule has 0 aromatic heterocycles. The van der Waals surface area contributed by atoms with E-state index < -0.39 is 5.62 Å². The summed E-state index contributed by atoms with van der Waals surface area (Å²) in [6.07, 6.45) is 4.25. The minimum atomic E-state index is -2.01. The van der Waals surface area contributed by atoms with E-state index >= 15 is 0 Å². The Kier molecular flexibility index (Phi) is 10.5. The lowest BCUT2D eigenvalue weighted by Gasteiger charge is -2.23. The van der Waals surface area contributed by atoms with Crippen molar-refractivity contribution in [2.24, 2.45) is 10.9 Å². The number of unbranched alkanes of at least 4 members (excludes halogenated alkanes) is 1. The normalized spacial score (nSPS) is 15.5. The monoisotopic (exact) mass is 310 g/mol. The van der Waals surface area contributed by atoms with E-state index in [-0.39, 0.29) is 6.10 Å². The van der Waals surface area contributed by atoms with Crippen LogP contribution in [0.4, 0.5) is 0 Å². The van der Waals surface area contributed by atoms with Crippen molar-refractivity contribution >= 4 is 35.1 Å². The zero-order chi connectivity index (χ0) is 14.0. The maximum absolute atomic E-state index is 5.88. The summed E-state index contributed by atoms with van der Waals surface area (Å²) in [6, 6.07) is 0. The van der Waals surface area contributed by atoms with Crippen LogP contribution in [0.3, 0.4) is 0 Å². The molecule has 0 radical (unpaired) electrons. The van der Waals surface area contributed by atoms with Crippen LogP contribution in [0.5, 0.6) is 0 Å². The number of hydrogen-bond acceptors (Lipinski definition) is 4. The Morgan fingerprint density at radius 3 is 2.56 bits per heavy atom. The van der Waals surface area contributed by atoms with Gasteiger partial charge in [-0.2, -0.15) is 0 Å². The number of aliphatic imine (C=N–C) groups is 1. The molecule has 1 atom stereocenters. The van der Waals surface area contributed by atoms with Crippen molar-refractivity contribution in [3.63, 3.8) is 0 Å². The van der Waals surface area contributed by atoms with Crippen LogP contribution in [-0.4, -0.2) is 24.7 Å². The molecule has 0 rings (SSSR count). The van der Waals surface area contributed by atoms with Gasteiger partial charge in [0.15, 0.2) is 0 Å². The first-order valence-corrected chi connectivity index (χ1v) is 10.9. The molecule has 0 saturated carbocycles. The third kappa shape index (κ3) is 10.4. The van der Waals surface area contributed by atoms with Crippen molar-refractivity contribution in [3.8, 4) is 0 Å². The van der Waals surface area contributed by atoms with Gasteiger partial charge in [0.25, 0.3) is 0 Å². The van der Waals surface area contributed by atoms with E-state index in [0.29, 0.717) is 5.92 Å². The van der Waals surface area contributed by atoms with Gasteiger partial charge in [-0.05, 0) is 38.0 Å². The maximum Gasteiger partial charge on any atom is 0.211 e. The largest absolute Gasteiger partial charge is 0.324 e. The second-order valence-corrected chi connectivity index (χ2v) is 11.5. The van der Waals surface area contributed by atoms with E-state index in [1.165, 1.54) is 12.8 Å². The van der Waals surface area contributed by atoms with Crippen LogP contribution in [0.15, 0.2) is 4.99 Å². The summed E-state index contributed by atoms with van der Waals surface area (Å²) in [5, 5.41) is 3.22. The summed E-state index contributed by atoms with van der Waals surface area (Å²) < 4.78 is 5.88. The molecule has 0 aliphatic carbocycles. The molecule has 0 aromatic rings. The summed E-state index contributed by atoms with van der Waals surface area (Å²) in [5.74, 6) is 1.62. The topological polar surface area (TPSA) is 33.6 Å². The molecule has 0 amide bonds. The molecule has 1 unspecified atom stereocenters. The van der Waals surface area contributed by atoms with Crippen LogP contribution in [0.2, 0.25) is 0 Å². The average molecular weight is 310 g/mol. The number of nitrogens with one attached hydrogen (secondary N) is 1. The third-order valence-corrected chi connectivity index (χ3v) is 7.49. The van der Waals surface area contributed by atoms with Gasteiger partial charge >= 0.3 is 0 Å². The number of hydrogen-bond donors (Lipinski definition) is 1. The fraction of sp³-hybridized carbons (Fsp3) is 0.917. The SMILES string of the molecule is CCCCSP(=S)(NC=NCC(C)C)OC(C)C. The molecule has 108 valence electrons. The fourth-order valence-electron chi connectivity index (χ4n) is 1.08. The predicted octanol–water partition coefficient (Wildman–Crippen LogP) is 4.44. The molecule has 0 bridgehead atoms. The minimum absolute atomic E-state index is 0.149. The van der Waals surface area contributed by atoms with Crippen molar-refractivity contribution in [2.75, 3.05) is 12.3 Å². The van der Waals surface area contributed by atoms with E-state index in [4.69, 9.17) is 16.3 Å². The van der Waals surface area contributed by atoms with Gasteiger partial charge in [-0.25, -0.2) is 0 Å². The van der Waals surface area contributed by atoms with Crippen molar-refractivity contribution in [2.45, 2.75) is 53.6 Å². The van der Waals surface area contributed by atoms with Crippen molar-refractivity contribution in [1.29, 1.82) is 0 Å². The first-order valence-electron chi connectivity index (χ1n) is 6.58. The van der Waals surface area contributed by atoms with Crippen LogP contribution >= 0.6 is 17.0 Å². The highest BCUT2D eigenvalue weighted by atomic mass is 32.9. The highest BCUT2D eigenvalue weighted by Gasteiger charge is 2.18. The van der Waals surface area contributed by atoms with Crippen LogP contribution < -0.4 is 5.09 Å². The Balaban J connectivity index is 4.28. The smallest absolute Gasteiger partial charge is 0.211 e. The standard InChI is InChI=1S/C12H27N2OPS2/c1-6-7-8-18-16(17,15-12(4)5)14-10-13-9-11(2)3/h10-12H,6-9H2,1-5H3,(H,13,14,17). The molecule has 0 aliphatic heterocycles. The lowest BCUT2D eigenvalue weighted by molar-refractivity contribution is 0.274. The van der Waals surface area contributed by atoms with Gasteiger partial charge in [0.05, 0.1) is 12.4 Å². The molecule has 3 nitrogen and oxygen atoms in total. The third-order valence-electron chi connectivity index (χ3n) is 1.89. The van der Waals surface area contributed by atoms with Gasteiger partial charge in [0, 0.05) is 12.3 Å². The Hall–Kier alpha value is 0.430. The molecule has 0 fully saturated rings. The van der Waals surface area contributed by atoms with Gasteiger partial charge in [0.1, 0.15) is 0 Å². The summed E-state index contributed by atoms with van der Waals surface area (Å²) in [4.78, 5) is 4.32. The van der Waals surface area contributed by atoms with Crippen LogP contribution in [-0.2, 0) is 16.3 Å². The van der Waals surface area contributed by atoms with E-state index in [2.05, 4.69) is 30.9 Å². The summed E-state index contributed by atoms with van der Waals surface area (Å²) in [6.45, 7) is 11.3. The Labute approximate surface area is 121 Å². The Bertz CT molecular complexity index is 283. The molecular weight excluding hydrogens is 283 g/mol. The Morgan fingerprint density at radius 2 is 2.06 bits per heavy atom. The van der Waals surface area contributed by atoms with Gasteiger partial charge in [0.2, 0.25) is 5.62 Å². The zero-order valence-corrected chi connectivity index (χ0v) is 14.7. The molecule has 0 aliphatic rings.